The first-order chi connectivity index (χ1) is 10.9. The number of benzene rings is 2. The predicted octanol–water partition coefficient (Wildman–Crippen LogP) is 5.45. The Bertz CT molecular complexity index is 728. The van der Waals surface area contributed by atoms with Crippen LogP contribution in [0.5, 0.6) is 0 Å². The Labute approximate surface area is 141 Å². The van der Waals surface area contributed by atoms with E-state index in [9.17, 15) is 4.39 Å². The summed E-state index contributed by atoms with van der Waals surface area (Å²) in [6.07, 6.45) is 1.81. The van der Waals surface area contributed by atoms with Crippen LogP contribution in [0, 0.1) is 19.7 Å². The molecule has 2 aromatic rings. The lowest BCUT2D eigenvalue weighted by molar-refractivity contribution is 0.552. The summed E-state index contributed by atoms with van der Waals surface area (Å²) in [5.41, 5.74) is 4.18. The molecule has 0 amide bonds. The third kappa shape index (κ3) is 4.45. The van der Waals surface area contributed by atoms with Gasteiger partial charge in [-0.15, -0.1) is 0 Å². The summed E-state index contributed by atoms with van der Waals surface area (Å²) >= 11 is 5.78. The van der Waals surface area contributed by atoms with Crippen LogP contribution in [0.15, 0.2) is 35.3 Å². The molecule has 1 N–H and O–H groups in total. The van der Waals surface area contributed by atoms with Crippen molar-refractivity contribution in [2.24, 2.45) is 4.99 Å². The zero-order valence-electron chi connectivity index (χ0n) is 13.8. The number of anilines is 2. The highest BCUT2D eigenvalue weighted by atomic mass is 35.5. The van der Waals surface area contributed by atoms with Crippen molar-refractivity contribution in [2.75, 3.05) is 18.9 Å². The third-order valence-corrected chi connectivity index (χ3v) is 3.87. The summed E-state index contributed by atoms with van der Waals surface area (Å²) in [4.78, 5) is 6.50. The topological polar surface area (TPSA) is 27.6 Å². The van der Waals surface area contributed by atoms with Crippen LogP contribution in [-0.2, 0) is 0 Å². The predicted molar refractivity (Wildman–Crippen MR) is 97.1 cm³/mol. The number of nitrogens with zero attached hydrogens (tertiary/aromatic N) is 2. The van der Waals surface area contributed by atoms with Gasteiger partial charge < -0.3 is 10.2 Å². The van der Waals surface area contributed by atoms with Gasteiger partial charge in [0.15, 0.2) is 0 Å². The summed E-state index contributed by atoms with van der Waals surface area (Å²) in [5, 5.41) is 3.50. The average molecular weight is 334 g/mol. The normalized spacial score (nSPS) is 11.0. The molecule has 23 heavy (non-hydrogen) atoms. The fourth-order valence-electron chi connectivity index (χ4n) is 2.05. The second-order valence-corrected chi connectivity index (χ2v) is 5.96. The molecular formula is C18H21ClFN3. The van der Waals surface area contributed by atoms with E-state index in [0.717, 1.165) is 29.0 Å². The SMILES string of the molecule is CCN(C)/C=N\c1cc(C)c(Nc2ccc(Cl)cc2F)cc1C. The Morgan fingerprint density at radius 3 is 2.57 bits per heavy atom. The molecule has 0 aromatic heterocycles. The maximum absolute atomic E-state index is 13.9. The van der Waals surface area contributed by atoms with Crippen LogP contribution in [0.1, 0.15) is 18.1 Å². The minimum absolute atomic E-state index is 0.374. The van der Waals surface area contributed by atoms with E-state index in [2.05, 4.69) is 17.2 Å². The Balaban J connectivity index is 2.27. The highest BCUT2D eigenvalue weighted by molar-refractivity contribution is 6.30. The maximum atomic E-state index is 13.9. The van der Waals surface area contributed by atoms with Gasteiger partial charge in [0.2, 0.25) is 0 Å². The molecule has 0 saturated heterocycles. The van der Waals surface area contributed by atoms with Gasteiger partial charge in [-0.2, -0.15) is 0 Å². The highest BCUT2D eigenvalue weighted by Crippen LogP contribution is 2.30. The largest absolute Gasteiger partial charge is 0.366 e. The van der Waals surface area contributed by atoms with E-state index in [0.29, 0.717) is 10.7 Å². The van der Waals surface area contributed by atoms with E-state index in [4.69, 9.17) is 11.6 Å². The lowest BCUT2D eigenvalue weighted by Crippen LogP contribution is -2.14. The molecule has 0 aliphatic rings. The molecule has 0 atom stereocenters. The number of aryl methyl sites for hydroxylation is 2. The molecule has 0 unspecified atom stereocenters. The fourth-order valence-corrected chi connectivity index (χ4v) is 2.21. The minimum atomic E-state index is -0.374. The summed E-state index contributed by atoms with van der Waals surface area (Å²) in [7, 11) is 1.98. The van der Waals surface area contributed by atoms with E-state index < -0.39 is 0 Å². The van der Waals surface area contributed by atoms with Crippen molar-refractivity contribution >= 4 is 35.0 Å². The third-order valence-electron chi connectivity index (χ3n) is 3.64. The second kappa shape index (κ2) is 7.47. The van der Waals surface area contributed by atoms with Gasteiger partial charge in [0.25, 0.3) is 0 Å². The summed E-state index contributed by atoms with van der Waals surface area (Å²) in [6, 6.07) is 8.56. The standard InChI is InChI=1S/C18H21ClFN3/c1-5-23(4)11-21-17-8-13(3)18(9-12(17)2)22-16-7-6-14(19)10-15(16)20/h6-11,22H,5H2,1-4H3/b21-11-. The quantitative estimate of drug-likeness (QED) is 0.582. The fraction of sp³-hybridized carbons (Fsp3) is 0.278. The zero-order chi connectivity index (χ0) is 17.0. The zero-order valence-corrected chi connectivity index (χ0v) is 14.6. The Morgan fingerprint density at radius 1 is 1.17 bits per heavy atom. The number of halogens is 2. The first kappa shape index (κ1) is 17.3. The Kier molecular flexibility index (Phi) is 5.61. The van der Waals surface area contributed by atoms with Gasteiger partial charge in [-0.05, 0) is 62.2 Å². The van der Waals surface area contributed by atoms with Crippen LogP contribution in [0.2, 0.25) is 5.02 Å². The van der Waals surface area contributed by atoms with Gasteiger partial charge in [-0.1, -0.05) is 11.6 Å². The van der Waals surface area contributed by atoms with Crippen molar-refractivity contribution in [1.82, 2.24) is 4.90 Å². The molecule has 5 heteroatoms. The van der Waals surface area contributed by atoms with E-state index in [1.54, 1.807) is 12.1 Å². The number of hydrogen-bond acceptors (Lipinski definition) is 2. The smallest absolute Gasteiger partial charge is 0.148 e. The summed E-state index contributed by atoms with van der Waals surface area (Å²) < 4.78 is 13.9. The van der Waals surface area contributed by atoms with Gasteiger partial charge in [-0.25, -0.2) is 9.38 Å². The summed E-state index contributed by atoms with van der Waals surface area (Å²) in [5.74, 6) is -0.374. The molecule has 3 nitrogen and oxygen atoms in total. The van der Waals surface area contributed by atoms with E-state index in [1.165, 1.54) is 6.07 Å². The monoisotopic (exact) mass is 333 g/mol. The molecule has 0 heterocycles. The number of aliphatic imine (C=N–C) groups is 1. The average Bonchev–Trinajstić information content (AvgIpc) is 2.51. The molecule has 0 fully saturated rings. The summed E-state index contributed by atoms with van der Waals surface area (Å²) in [6.45, 7) is 6.93. The van der Waals surface area contributed by atoms with Gasteiger partial charge in [0.1, 0.15) is 5.82 Å². The van der Waals surface area contributed by atoms with Gasteiger partial charge in [-0.3, -0.25) is 0 Å². The molecule has 122 valence electrons. The maximum Gasteiger partial charge on any atom is 0.148 e. The number of hydrogen-bond donors (Lipinski definition) is 1. The molecule has 0 saturated carbocycles. The second-order valence-electron chi connectivity index (χ2n) is 5.52. The molecule has 0 aliphatic heterocycles. The van der Waals surface area contributed by atoms with Crippen molar-refractivity contribution in [3.05, 3.63) is 52.3 Å². The van der Waals surface area contributed by atoms with Gasteiger partial charge in [0, 0.05) is 24.3 Å². The van der Waals surface area contributed by atoms with E-state index in [1.807, 2.05) is 44.3 Å². The Hall–Kier alpha value is -2.07. The first-order valence-electron chi connectivity index (χ1n) is 7.48. The lowest BCUT2D eigenvalue weighted by atomic mass is 10.1. The molecule has 2 aromatic carbocycles. The molecule has 0 bridgehead atoms. The minimum Gasteiger partial charge on any atom is -0.366 e. The van der Waals surface area contributed by atoms with Crippen LogP contribution >= 0.6 is 11.6 Å². The number of rotatable bonds is 5. The van der Waals surface area contributed by atoms with E-state index >= 15 is 0 Å². The molecule has 0 aliphatic carbocycles. The van der Waals surface area contributed by atoms with Crippen LogP contribution in [-0.4, -0.2) is 24.8 Å². The van der Waals surface area contributed by atoms with Crippen molar-refractivity contribution in [1.29, 1.82) is 0 Å². The van der Waals surface area contributed by atoms with Crippen molar-refractivity contribution in [3.63, 3.8) is 0 Å². The first-order valence-corrected chi connectivity index (χ1v) is 7.86. The highest BCUT2D eigenvalue weighted by Gasteiger charge is 2.08. The molecule has 2 rings (SSSR count). The molecule has 0 spiro atoms. The van der Waals surface area contributed by atoms with Crippen LogP contribution in [0.25, 0.3) is 0 Å². The van der Waals surface area contributed by atoms with Crippen molar-refractivity contribution in [3.8, 4) is 0 Å². The number of nitrogens with one attached hydrogen (secondary N) is 1. The van der Waals surface area contributed by atoms with Crippen molar-refractivity contribution in [2.45, 2.75) is 20.8 Å². The lowest BCUT2D eigenvalue weighted by Gasteiger charge is -2.14. The Morgan fingerprint density at radius 2 is 1.91 bits per heavy atom. The van der Waals surface area contributed by atoms with Gasteiger partial charge in [0.05, 0.1) is 17.7 Å². The van der Waals surface area contributed by atoms with Crippen LogP contribution in [0.3, 0.4) is 0 Å². The molecular weight excluding hydrogens is 313 g/mol. The van der Waals surface area contributed by atoms with Gasteiger partial charge >= 0.3 is 0 Å². The molecule has 0 radical (unpaired) electrons. The van der Waals surface area contributed by atoms with Crippen LogP contribution < -0.4 is 5.32 Å². The van der Waals surface area contributed by atoms with E-state index in [-0.39, 0.29) is 5.82 Å². The van der Waals surface area contributed by atoms with Crippen LogP contribution in [0.4, 0.5) is 21.5 Å². The van der Waals surface area contributed by atoms with Crippen molar-refractivity contribution < 1.29 is 4.39 Å².